The molecule has 0 saturated heterocycles. The van der Waals surface area contributed by atoms with E-state index >= 15 is 0 Å². The lowest BCUT2D eigenvalue weighted by atomic mass is 10.0. The molecule has 0 fully saturated rings. The van der Waals surface area contributed by atoms with E-state index in [0.29, 0.717) is 19.3 Å². The van der Waals surface area contributed by atoms with Gasteiger partial charge in [-0.3, -0.25) is 14.4 Å². The van der Waals surface area contributed by atoms with Gasteiger partial charge < -0.3 is 14.2 Å². The molecule has 0 aliphatic carbocycles. The Morgan fingerprint density at radius 1 is 0.244 bits per heavy atom. The number of unbranched alkanes of at least 4 members (excludes halogenated alkanes) is 55. The van der Waals surface area contributed by atoms with E-state index in [9.17, 15) is 14.4 Å². The molecule has 0 bridgehead atoms. The average molecular weight is 1150 g/mol. The number of rotatable bonds is 70. The van der Waals surface area contributed by atoms with Crippen LogP contribution in [0.15, 0.2) is 24.3 Å². The van der Waals surface area contributed by atoms with Crippen LogP contribution in [0, 0.1) is 0 Å². The van der Waals surface area contributed by atoms with Gasteiger partial charge in [-0.05, 0) is 51.4 Å². The molecule has 484 valence electrons. The third-order valence-corrected chi connectivity index (χ3v) is 17.2. The molecule has 82 heavy (non-hydrogen) atoms. The summed E-state index contributed by atoms with van der Waals surface area (Å²) in [7, 11) is 0. The summed E-state index contributed by atoms with van der Waals surface area (Å²) in [6, 6.07) is 0. The fraction of sp³-hybridized carbons (Fsp3) is 0.908. The van der Waals surface area contributed by atoms with Crippen LogP contribution in [0.1, 0.15) is 425 Å². The molecule has 0 heterocycles. The van der Waals surface area contributed by atoms with E-state index in [-0.39, 0.29) is 31.1 Å². The highest BCUT2D eigenvalue weighted by atomic mass is 16.6. The first-order valence-corrected chi connectivity index (χ1v) is 37.3. The van der Waals surface area contributed by atoms with Crippen LogP contribution in [0.5, 0.6) is 0 Å². The van der Waals surface area contributed by atoms with E-state index in [1.54, 1.807) is 0 Å². The van der Waals surface area contributed by atoms with Gasteiger partial charge in [0.05, 0.1) is 0 Å². The van der Waals surface area contributed by atoms with Crippen molar-refractivity contribution < 1.29 is 28.6 Å². The number of hydrogen-bond donors (Lipinski definition) is 0. The summed E-state index contributed by atoms with van der Waals surface area (Å²) in [5.41, 5.74) is 0. The minimum atomic E-state index is -0.773. The second-order valence-electron chi connectivity index (χ2n) is 25.6. The lowest BCUT2D eigenvalue weighted by molar-refractivity contribution is -0.167. The van der Waals surface area contributed by atoms with Gasteiger partial charge in [-0.2, -0.15) is 0 Å². The van der Waals surface area contributed by atoms with E-state index in [0.717, 1.165) is 70.6 Å². The molecule has 1 atom stereocenters. The minimum absolute atomic E-state index is 0.0680. The molecule has 0 amide bonds. The molecule has 0 aliphatic heterocycles. The summed E-state index contributed by atoms with van der Waals surface area (Å²) in [4.78, 5) is 38.5. The molecular formula is C76H144O6. The Balaban J connectivity index is 4.15. The van der Waals surface area contributed by atoms with E-state index < -0.39 is 6.10 Å². The molecule has 0 aromatic rings. The monoisotopic (exact) mass is 1150 g/mol. The van der Waals surface area contributed by atoms with Crippen LogP contribution in [-0.2, 0) is 28.6 Å². The number of ether oxygens (including phenoxy) is 3. The average Bonchev–Trinajstić information content (AvgIpc) is 3.47. The van der Waals surface area contributed by atoms with Crippen molar-refractivity contribution in [1.29, 1.82) is 0 Å². The zero-order valence-electron chi connectivity index (χ0n) is 55.8. The highest BCUT2D eigenvalue weighted by molar-refractivity contribution is 5.71. The van der Waals surface area contributed by atoms with Gasteiger partial charge in [0, 0.05) is 19.3 Å². The third kappa shape index (κ3) is 68.7. The van der Waals surface area contributed by atoms with Crippen LogP contribution >= 0.6 is 0 Å². The summed E-state index contributed by atoms with van der Waals surface area (Å²) in [6.45, 7) is 6.70. The van der Waals surface area contributed by atoms with Crippen LogP contribution in [0.25, 0.3) is 0 Å². The largest absolute Gasteiger partial charge is 0.462 e. The molecule has 0 aliphatic rings. The number of carbonyl (C=O) groups is 3. The topological polar surface area (TPSA) is 78.9 Å². The van der Waals surface area contributed by atoms with Crippen molar-refractivity contribution in [2.45, 2.75) is 431 Å². The van der Waals surface area contributed by atoms with Crippen molar-refractivity contribution >= 4 is 17.9 Å². The molecule has 0 radical (unpaired) electrons. The van der Waals surface area contributed by atoms with Crippen molar-refractivity contribution in [3.63, 3.8) is 0 Å². The first kappa shape index (κ1) is 79.9. The summed E-state index contributed by atoms with van der Waals surface area (Å²) in [6.07, 6.45) is 88.0. The Morgan fingerprint density at radius 2 is 0.439 bits per heavy atom. The van der Waals surface area contributed by atoms with Crippen molar-refractivity contribution in [3.8, 4) is 0 Å². The first-order chi connectivity index (χ1) is 40.5. The first-order valence-electron chi connectivity index (χ1n) is 37.3. The maximum Gasteiger partial charge on any atom is 0.306 e. The lowest BCUT2D eigenvalue weighted by Crippen LogP contribution is -2.30. The third-order valence-electron chi connectivity index (χ3n) is 17.2. The molecule has 0 rings (SSSR count). The van der Waals surface area contributed by atoms with E-state index in [1.165, 1.54) is 315 Å². The molecule has 0 saturated carbocycles. The van der Waals surface area contributed by atoms with Crippen LogP contribution < -0.4 is 0 Å². The fourth-order valence-corrected chi connectivity index (χ4v) is 11.6. The van der Waals surface area contributed by atoms with Crippen molar-refractivity contribution in [2.24, 2.45) is 0 Å². The summed E-state index contributed by atoms with van der Waals surface area (Å²) in [5.74, 6) is -0.841. The van der Waals surface area contributed by atoms with Gasteiger partial charge in [0.25, 0.3) is 0 Å². The van der Waals surface area contributed by atoms with Gasteiger partial charge in [-0.15, -0.1) is 0 Å². The van der Waals surface area contributed by atoms with Crippen molar-refractivity contribution in [2.75, 3.05) is 13.2 Å². The molecule has 0 N–H and O–H groups in total. The van der Waals surface area contributed by atoms with Gasteiger partial charge in [0.2, 0.25) is 0 Å². The molecule has 0 spiro atoms. The molecule has 6 heteroatoms. The fourth-order valence-electron chi connectivity index (χ4n) is 11.6. The normalized spacial score (nSPS) is 12.1. The Hall–Kier alpha value is -2.11. The van der Waals surface area contributed by atoms with Crippen LogP contribution in [0.2, 0.25) is 0 Å². The maximum atomic E-state index is 12.9. The van der Waals surface area contributed by atoms with Gasteiger partial charge in [-0.25, -0.2) is 0 Å². The van der Waals surface area contributed by atoms with E-state index in [2.05, 4.69) is 45.1 Å². The second kappa shape index (κ2) is 71.4. The zero-order chi connectivity index (χ0) is 59.2. The highest BCUT2D eigenvalue weighted by Gasteiger charge is 2.20. The highest BCUT2D eigenvalue weighted by Crippen LogP contribution is 2.19. The molecular weight excluding hydrogens is 1010 g/mol. The number of allylic oxidation sites excluding steroid dienone is 4. The smallest absolute Gasteiger partial charge is 0.306 e. The standard InChI is InChI=1S/C76H144O6/c1-4-7-10-13-16-19-22-25-28-31-32-33-34-35-36-37-38-39-40-41-42-43-44-46-48-51-54-57-60-63-66-69-75(78)81-72-73(71-80-74(77)68-65-62-59-56-53-50-47-30-27-24-21-18-15-12-9-6-3)82-76(79)70-67-64-61-58-55-52-49-45-29-26-23-20-17-14-11-8-5-2/h17,20,26,29,73H,4-16,18-19,21-25,27-28,30-72H2,1-3H3/b20-17-,29-26-. The van der Waals surface area contributed by atoms with Crippen molar-refractivity contribution in [3.05, 3.63) is 24.3 Å². The summed E-state index contributed by atoms with van der Waals surface area (Å²) >= 11 is 0. The van der Waals surface area contributed by atoms with Crippen LogP contribution in [0.4, 0.5) is 0 Å². The van der Waals surface area contributed by atoms with Gasteiger partial charge >= 0.3 is 17.9 Å². The SMILES string of the molecule is CCCCC/C=C\C/C=C\CCCCCCCCCC(=O)OC(COC(=O)CCCCCCCCCCCCCCCCCC)COC(=O)CCCCCCCCCCCCCCCCCCCCCCCCCCCCCCCCC. The number of hydrogen-bond acceptors (Lipinski definition) is 6. The summed E-state index contributed by atoms with van der Waals surface area (Å²) < 4.78 is 17.0. The van der Waals surface area contributed by atoms with Gasteiger partial charge in [0.15, 0.2) is 6.10 Å². The predicted octanol–water partition coefficient (Wildman–Crippen LogP) is 25.7. The zero-order valence-corrected chi connectivity index (χ0v) is 55.8. The predicted molar refractivity (Wildman–Crippen MR) is 358 cm³/mol. The Bertz CT molecular complexity index is 1320. The summed E-state index contributed by atoms with van der Waals surface area (Å²) in [5, 5.41) is 0. The van der Waals surface area contributed by atoms with Crippen LogP contribution in [0.3, 0.4) is 0 Å². The second-order valence-corrected chi connectivity index (χ2v) is 25.6. The molecule has 0 aromatic carbocycles. The van der Waals surface area contributed by atoms with E-state index in [4.69, 9.17) is 14.2 Å². The van der Waals surface area contributed by atoms with Crippen molar-refractivity contribution in [1.82, 2.24) is 0 Å². The molecule has 6 nitrogen and oxygen atoms in total. The Kier molecular flexibility index (Phi) is 69.5. The Morgan fingerprint density at radius 3 is 0.695 bits per heavy atom. The van der Waals surface area contributed by atoms with Gasteiger partial charge in [0.1, 0.15) is 13.2 Å². The molecule has 0 aromatic heterocycles. The quantitative estimate of drug-likeness (QED) is 0.0261. The lowest BCUT2D eigenvalue weighted by Gasteiger charge is -2.18. The van der Waals surface area contributed by atoms with Gasteiger partial charge in [-0.1, -0.05) is 379 Å². The number of carbonyl (C=O) groups excluding carboxylic acids is 3. The maximum absolute atomic E-state index is 12.9. The number of esters is 3. The minimum Gasteiger partial charge on any atom is -0.462 e. The van der Waals surface area contributed by atoms with E-state index in [1.807, 2.05) is 0 Å². The van der Waals surface area contributed by atoms with Crippen LogP contribution in [-0.4, -0.2) is 37.2 Å². The Labute approximate surface area is 513 Å². The molecule has 1 unspecified atom stereocenters.